The summed E-state index contributed by atoms with van der Waals surface area (Å²) in [7, 11) is -4.59. The van der Waals surface area contributed by atoms with Crippen molar-refractivity contribution in [3.05, 3.63) is 77.5 Å². The molecule has 0 amide bonds. The Labute approximate surface area is 238 Å². The molecule has 40 heavy (non-hydrogen) atoms. The van der Waals surface area contributed by atoms with Crippen molar-refractivity contribution in [1.29, 1.82) is 0 Å². The second-order valence-electron chi connectivity index (χ2n) is 11.7. The fraction of sp³-hybridized carbons (Fsp3) is 0.438. The number of para-hydroxylation sites is 1. The van der Waals surface area contributed by atoms with Crippen LogP contribution in [0.2, 0.25) is 0 Å². The standard InChI is InChI=1S/C32H40N2O5S/c1-6-20-33-26-14-10-9-13-24(26)31(2,3)28(33)15-12-16-29-32(4,5)25-22-23(40(37,38)39)18-19-27(25)34(29)21-11-7-8-17-30(35)36/h9-10,12-16,18-19,22H,6-8,11,17,20-21H2,1-5H3,(H-,35,36,37,38,39). The van der Waals surface area contributed by atoms with Gasteiger partial charge in [0.1, 0.15) is 16.7 Å². The second-order valence-corrected chi connectivity index (χ2v) is 13.1. The Morgan fingerprint density at radius 3 is 2.42 bits per heavy atom. The maximum absolute atomic E-state index is 11.8. The third kappa shape index (κ3) is 5.65. The second kappa shape index (κ2) is 11.3. The van der Waals surface area contributed by atoms with Crippen LogP contribution in [0.25, 0.3) is 0 Å². The van der Waals surface area contributed by atoms with Gasteiger partial charge < -0.3 is 14.6 Å². The van der Waals surface area contributed by atoms with E-state index in [0.29, 0.717) is 13.0 Å². The van der Waals surface area contributed by atoms with Crippen LogP contribution in [-0.4, -0.2) is 47.4 Å². The number of anilines is 1. The van der Waals surface area contributed by atoms with Gasteiger partial charge in [0.2, 0.25) is 5.69 Å². The molecular formula is C32H40N2O5S. The molecule has 2 heterocycles. The molecule has 2 aliphatic heterocycles. The van der Waals surface area contributed by atoms with Crippen molar-refractivity contribution in [2.24, 2.45) is 0 Å². The summed E-state index contributed by atoms with van der Waals surface area (Å²) in [5.74, 6) is -0.795. The number of carbonyl (C=O) groups is 1. The first kappa shape index (κ1) is 29.7. The molecule has 4 rings (SSSR count). The molecule has 0 radical (unpaired) electrons. The highest BCUT2D eigenvalue weighted by molar-refractivity contribution is 7.85. The van der Waals surface area contributed by atoms with Crippen molar-refractivity contribution in [3.63, 3.8) is 0 Å². The summed E-state index contributed by atoms with van der Waals surface area (Å²) in [4.78, 5) is 12.9. The van der Waals surface area contributed by atoms with E-state index >= 15 is 0 Å². The third-order valence-corrected chi connectivity index (χ3v) is 9.01. The van der Waals surface area contributed by atoms with Crippen molar-refractivity contribution in [3.8, 4) is 0 Å². The first-order valence-corrected chi connectivity index (χ1v) is 15.4. The molecule has 1 N–H and O–H groups in total. The lowest BCUT2D eigenvalue weighted by molar-refractivity contribution is -0.437. The number of allylic oxidation sites excluding steroid dienone is 4. The van der Waals surface area contributed by atoms with Crippen LogP contribution < -0.4 is 4.90 Å². The molecule has 0 saturated heterocycles. The molecule has 7 nitrogen and oxygen atoms in total. The fourth-order valence-electron chi connectivity index (χ4n) is 6.11. The molecule has 0 bridgehead atoms. The molecule has 0 aliphatic carbocycles. The Kier molecular flexibility index (Phi) is 8.43. The van der Waals surface area contributed by atoms with Crippen LogP contribution in [0, 0.1) is 0 Å². The molecule has 0 fully saturated rings. The SMILES string of the molecule is CCC[N+]1=C(/C=C/C=C2/N(CCCCCC(=O)O)c3ccc(S(=O)(=O)[O-])cc3C2(C)C)C(C)(C)c2ccccc21. The van der Waals surface area contributed by atoms with Crippen LogP contribution in [0.3, 0.4) is 0 Å². The molecule has 0 spiro atoms. The van der Waals surface area contributed by atoms with Crippen molar-refractivity contribution < 1.29 is 27.4 Å². The van der Waals surface area contributed by atoms with E-state index in [1.807, 2.05) is 13.8 Å². The van der Waals surface area contributed by atoms with E-state index in [2.05, 4.69) is 72.7 Å². The summed E-state index contributed by atoms with van der Waals surface area (Å²) >= 11 is 0. The van der Waals surface area contributed by atoms with Gasteiger partial charge in [-0.2, -0.15) is 4.58 Å². The Hall–Kier alpha value is -3.23. The monoisotopic (exact) mass is 564 g/mol. The average molecular weight is 565 g/mol. The zero-order valence-electron chi connectivity index (χ0n) is 24.1. The number of carboxylic acids is 1. The quantitative estimate of drug-likeness (QED) is 0.196. The number of nitrogens with zero attached hydrogens (tertiary/aromatic N) is 2. The summed E-state index contributed by atoms with van der Waals surface area (Å²) in [5, 5.41) is 8.98. The molecule has 2 aliphatic rings. The van der Waals surface area contributed by atoms with Crippen LogP contribution in [-0.2, 0) is 25.7 Å². The molecule has 2 aromatic carbocycles. The van der Waals surface area contributed by atoms with Crippen molar-refractivity contribution in [1.82, 2.24) is 0 Å². The van der Waals surface area contributed by atoms with Gasteiger partial charge in [0.15, 0.2) is 5.71 Å². The van der Waals surface area contributed by atoms with Gasteiger partial charge in [0.25, 0.3) is 0 Å². The van der Waals surface area contributed by atoms with Crippen LogP contribution in [0.5, 0.6) is 0 Å². The van der Waals surface area contributed by atoms with Gasteiger partial charge in [-0.1, -0.05) is 51.5 Å². The van der Waals surface area contributed by atoms with Gasteiger partial charge in [0.05, 0.1) is 10.3 Å². The van der Waals surface area contributed by atoms with E-state index in [0.717, 1.165) is 42.8 Å². The molecule has 0 unspecified atom stereocenters. The number of hydrogen-bond donors (Lipinski definition) is 1. The maximum atomic E-state index is 11.8. The predicted octanol–water partition coefficient (Wildman–Crippen LogP) is 6.26. The third-order valence-electron chi connectivity index (χ3n) is 8.18. The summed E-state index contributed by atoms with van der Waals surface area (Å²) in [6.07, 6.45) is 9.68. The number of hydrogen-bond acceptors (Lipinski definition) is 5. The highest BCUT2D eigenvalue weighted by Crippen LogP contribution is 2.48. The maximum Gasteiger partial charge on any atom is 0.303 e. The summed E-state index contributed by atoms with van der Waals surface area (Å²) in [6.45, 7) is 12.3. The number of aliphatic carboxylic acids is 1. The zero-order chi connectivity index (χ0) is 29.3. The van der Waals surface area contributed by atoms with Gasteiger partial charge in [-0.3, -0.25) is 4.79 Å². The normalized spacial score (nSPS) is 18.6. The molecule has 2 aromatic rings. The van der Waals surface area contributed by atoms with Gasteiger partial charge in [-0.25, -0.2) is 8.42 Å². The lowest BCUT2D eigenvalue weighted by atomic mass is 9.81. The van der Waals surface area contributed by atoms with Gasteiger partial charge in [-0.15, -0.1) is 0 Å². The van der Waals surface area contributed by atoms with E-state index in [9.17, 15) is 17.8 Å². The smallest absolute Gasteiger partial charge is 0.303 e. The lowest BCUT2D eigenvalue weighted by Crippen LogP contribution is -2.28. The Balaban J connectivity index is 1.72. The van der Waals surface area contributed by atoms with Gasteiger partial charge in [0, 0.05) is 53.9 Å². The summed E-state index contributed by atoms with van der Waals surface area (Å²) in [5.41, 5.74) is 5.75. The van der Waals surface area contributed by atoms with Crippen molar-refractivity contribution in [2.45, 2.75) is 82.4 Å². The first-order valence-electron chi connectivity index (χ1n) is 14.0. The minimum atomic E-state index is -4.59. The van der Waals surface area contributed by atoms with E-state index in [4.69, 9.17) is 5.11 Å². The first-order chi connectivity index (χ1) is 18.8. The Morgan fingerprint density at radius 2 is 1.75 bits per heavy atom. The topological polar surface area (TPSA) is 101 Å². The number of unbranched alkanes of at least 4 members (excludes halogenated alkanes) is 2. The number of fused-ring (bicyclic) bond motifs is 2. The van der Waals surface area contributed by atoms with E-state index in [1.165, 1.54) is 29.1 Å². The van der Waals surface area contributed by atoms with Crippen LogP contribution in [0.15, 0.2) is 71.3 Å². The van der Waals surface area contributed by atoms with E-state index < -0.39 is 21.5 Å². The minimum absolute atomic E-state index is 0.142. The number of carboxylic acid groups (broad SMARTS) is 1. The summed E-state index contributed by atoms with van der Waals surface area (Å²) < 4.78 is 37.8. The highest BCUT2D eigenvalue weighted by atomic mass is 32.2. The van der Waals surface area contributed by atoms with Crippen molar-refractivity contribution >= 4 is 33.2 Å². The largest absolute Gasteiger partial charge is 0.744 e. The van der Waals surface area contributed by atoms with Gasteiger partial charge >= 0.3 is 5.97 Å². The molecule has 8 heteroatoms. The lowest BCUT2D eigenvalue weighted by Gasteiger charge is -2.27. The zero-order valence-corrected chi connectivity index (χ0v) is 24.9. The number of benzene rings is 2. The summed E-state index contributed by atoms with van der Waals surface area (Å²) in [6, 6.07) is 13.1. The molecular weight excluding hydrogens is 524 g/mol. The highest BCUT2D eigenvalue weighted by Gasteiger charge is 2.44. The fourth-order valence-corrected chi connectivity index (χ4v) is 6.61. The van der Waals surface area contributed by atoms with Crippen LogP contribution in [0.4, 0.5) is 11.4 Å². The molecule has 0 atom stereocenters. The van der Waals surface area contributed by atoms with Gasteiger partial charge in [-0.05, 0) is 56.5 Å². The predicted molar refractivity (Wildman–Crippen MR) is 158 cm³/mol. The molecule has 0 saturated carbocycles. The Morgan fingerprint density at radius 1 is 1.02 bits per heavy atom. The Bertz CT molecular complexity index is 1500. The number of rotatable bonds is 11. The van der Waals surface area contributed by atoms with E-state index in [1.54, 1.807) is 6.07 Å². The van der Waals surface area contributed by atoms with Crippen LogP contribution in [0.1, 0.15) is 77.8 Å². The molecule has 214 valence electrons. The minimum Gasteiger partial charge on any atom is -0.744 e. The average Bonchev–Trinajstić information content (AvgIpc) is 3.22. The van der Waals surface area contributed by atoms with Crippen LogP contribution >= 0.6 is 0 Å². The van der Waals surface area contributed by atoms with Crippen molar-refractivity contribution in [2.75, 3.05) is 18.0 Å². The molecule has 0 aromatic heterocycles. The van der Waals surface area contributed by atoms with E-state index in [-0.39, 0.29) is 16.7 Å².